The van der Waals surface area contributed by atoms with E-state index in [0.717, 1.165) is 53.3 Å². The number of benzene rings is 4. The monoisotopic (exact) mass is 766 g/mol. The van der Waals surface area contributed by atoms with E-state index in [0.29, 0.717) is 58.3 Å². The number of halogens is 2. The highest BCUT2D eigenvalue weighted by atomic mass is 35.5. The Bertz CT molecular complexity index is 2290. The normalized spacial score (nSPS) is 15.5. The van der Waals surface area contributed by atoms with Crippen LogP contribution in [0.25, 0.3) is 33.2 Å². The number of allylic oxidation sites excluding steroid dienone is 2. The van der Waals surface area contributed by atoms with Gasteiger partial charge in [0.25, 0.3) is 5.69 Å². The second kappa shape index (κ2) is 16.5. The second-order valence-electron chi connectivity index (χ2n) is 14.1. The summed E-state index contributed by atoms with van der Waals surface area (Å²) >= 11 is 7.13. The molecule has 4 aromatic carbocycles. The molecule has 286 valence electrons. The Balaban J connectivity index is 1.16. The first-order valence-electron chi connectivity index (χ1n) is 18.5. The van der Waals surface area contributed by atoms with Crippen molar-refractivity contribution >= 4 is 34.1 Å². The average Bonchev–Trinajstić information content (AvgIpc) is 3.81. The van der Waals surface area contributed by atoms with Crippen molar-refractivity contribution < 1.29 is 23.6 Å². The van der Waals surface area contributed by atoms with Crippen molar-refractivity contribution in [2.45, 2.75) is 64.2 Å². The minimum Gasteiger partial charge on any atom is -0.496 e. The first-order chi connectivity index (χ1) is 26.6. The molecule has 0 bridgehead atoms. The zero-order valence-electron chi connectivity index (χ0n) is 31.2. The summed E-state index contributed by atoms with van der Waals surface area (Å²) in [6.07, 6.45) is 9.58. The van der Waals surface area contributed by atoms with E-state index < -0.39 is 5.82 Å². The van der Waals surface area contributed by atoms with Crippen molar-refractivity contribution in [1.29, 1.82) is 0 Å². The molecule has 2 heterocycles. The fourth-order valence-corrected chi connectivity index (χ4v) is 8.04. The van der Waals surface area contributed by atoms with Gasteiger partial charge in [-0.3, -0.25) is 19.6 Å². The highest BCUT2D eigenvalue weighted by Gasteiger charge is 2.24. The van der Waals surface area contributed by atoms with E-state index in [-0.39, 0.29) is 35.6 Å². The number of fused-ring (bicyclic) bond motifs is 1. The molecule has 11 nitrogen and oxygen atoms in total. The van der Waals surface area contributed by atoms with Gasteiger partial charge in [0.2, 0.25) is 5.91 Å². The fraction of sp³-hybridized carbons (Fsp3) is 0.333. The Labute approximate surface area is 324 Å². The van der Waals surface area contributed by atoms with Crippen LogP contribution in [0.5, 0.6) is 11.5 Å². The highest BCUT2D eigenvalue weighted by Crippen LogP contribution is 2.41. The molecule has 0 radical (unpaired) electrons. The van der Waals surface area contributed by atoms with E-state index in [1.54, 1.807) is 36.2 Å². The van der Waals surface area contributed by atoms with Crippen molar-refractivity contribution in [3.63, 3.8) is 0 Å². The standard InChI is InChI=1S/C42H44ClFN6O5/c1-48(30-9-5-4-6-10-30)24-28-18-38(50(52)53)27(20-39(28)54-2)25-49-37-14-8-12-32(34(37)23-46-49)33-13-7-11-31(42(33)43)26-17-36(44)35(40(19-26)55-3)22-45-21-29-15-16-41(51)47-29/h7-9,11-14,17-20,23,29,45H,4-6,10,15-16,21-22,24-25H2,1-3H3,(H,47,51). The molecule has 13 heteroatoms. The maximum atomic E-state index is 15.7. The van der Waals surface area contributed by atoms with Crippen LogP contribution in [0, 0.1) is 15.9 Å². The number of amides is 1. The van der Waals surface area contributed by atoms with Crippen LogP contribution >= 0.6 is 11.6 Å². The molecule has 2 aliphatic rings. The lowest BCUT2D eigenvalue weighted by Gasteiger charge is -2.26. The van der Waals surface area contributed by atoms with E-state index >= 15 is 4.39 Å². The van der Waals surface area contributed by atoms with Gasteiger partial charge < -0.3 is 25.0 Å². The van der Waals surface area contributed by atoms with Gasteiger partial charge in [0, 0.05) is 78.5 Å². The van der Waals surface area contributed by atoms with Gasteiger partial charge in [-0.05, 0) is 67.5 Å². The third-order valence-corrected chi connectivity index (χ3v) is 11.0. The smallest absolute Gasteiger partial charge is 0.275 e. The molecule has 2 N–H and O–H groups in total. The molecule has 0 spiro atoms. The third kappa shape index (κ3) is 8.01. The van der Waals surface area contributed by atoms with Gasteiger partial charge in [-0.1, -0.05) is 48.0 Å². The summed E-state index contributed by atoms with van der Waals surface area (Å²) in [6, 6.07) is 18.0. The molecule has 1 unspecified atom stereocenters. The Hall–Kier alpha value is -5.46. The Morgan fingerprint density at radius 1 is 1.04 bits per heavy atom. The lowest BCUT2D eigenvalue weighted by molar-refractivity contribution is -0.385. The predicted octanol–water partition coefficient (Wildman–Crippen LogP) is 8.39. The summed E-state index contributed by atoms with van der Waals surface area (Å²) in [5.74, 6) is 0.565. The largest absolute Gasteiger partial charge is 0.496 e. The van der Waals surface area contributed by atoms with E-state index in [1.165, 1.54) is 25.3 Å². The zero-order chi connectivity index (χ0) is 38.6. The molecular formula is C42H44ClFN6O5. The summed E-state index contributed by atoms with van der Waals surface area (Å²) in [6.45, 7) is 1.40. The van der Waals surface area contributed by atoms with Crippen molar-refractivity contribution in [1.82, 2.24) is 25.3 Å². The first-order valence-corrected chi connectivity index (χ1v) is 18.9. The molecule has 55 heavy (non-hydrogen) atoms. The summed E-state index contributed by atoms with van der Waals surface area (Å²) in [7, 11) is 5.10. The maximum absolute atomic E-state index is 15.7. The third-order valence-electron chi connectivity index (χ3n) is 10.6. The van der Waals surface area contributed by atoms with Crippen molar-refractivity contribution in [3.8, 4) is 33.8 Å². The van der Waals surface area contributed by atoms with Gasteiger partial charge in [-0.2, -0.15) is 5.10 Å². The lowest BCUT2D eigenvalue weighted by Crippen LogP contribution is -2.35. The maximum Gasteiger partial charge on any atom is 0.275 e. The van der Waals surface area contributed by atoms with Crippen LogP contribution in [0.4, 0.5) is 10.1 Å². The molecule has 1 fully saturated rings. The highest BCUT2D eigenvalue weighted by molar-refractivity contribution is 6.36. The average molecular weight is 767 g/mol. The number of aromatic nitrogens is 2. The number of nitrogens with zero attached hydrogens (tertiary/aromatic N) is 4. The van der Waals surface area contributed by atoms with Gasteiger partial charge >= 0.3 is 0 Å². The molecule has 0 saturated carbocycles. The number of carbonyl (C=O) groups excluding carboxylic acids is 1. The van der Waals surface area contributed by atoms with Crippen LogP contribution in [0.3, 0.4) is 0 Å². The second-order valence-corrected chi connectivity index (χ2v) is 14.5. The molecule has 1 aliphatic heterocycles. The SMILES string of the molecule is COc1cc(Cn2ncc3c(-c4cccc(-c5cc(F)c(CNCC6CCC(=O)N6)c(OC)c5)c4Cl)cccc32)c([N+](=O)[O-])cc1CN(C)C1=CCCCC1. The van der Waals surface area contributed by atoms with Crippen LogP contribution in [-0.4, -0.2) is 59.4 Å². The fourth-order valence-electron chi connectivity index (χ4n) is 7.70. The summed E-state index contributed by atoms with van der Waals surface area (Å²) in [5.41, 5.74) is 6.33. The minimum absolute atomic E-state index is 0.00384. The number of ether oxygens (including phenoxy) is 2. The van der Waals surface area contributed by atoms with E-state index in [2.05, 4.69) is 26.7 Å². The summed E-state index contributed by atoms with van der Waals surface area (Å²) < 4.78 is 28.8. The quantitative estimate of drug-likeness (QED) is 0.0854. The Morgan fingerprint density at radius 3 is 2.55 bits per heavy atom. The summed E-state index contributed by atoms with van der Waals surface area (Å²) in [5, 5.41) is 24.5. The van der Waals surface area contributed by atoms with Crippen LogP contribution in [0.2, 0.25) is 5.02 Å². The molecule has 1 aromatic heterocycles. The first kappa shape index (κ1) is 37.8. The van der Waals surface area contributed by atoms with Crippen LogP contribution in [-0.2, 0) is 24.4 Å². The molecule has 1 amide bonds. The van der Waals surface area contributed by atoms with Crippen LogP contribution in [0.1, 0.15) is 55.2 Å². The Morgan fingerprint density at radius 2 is 1.82 bits per heavy atom. The molecule has 7 rings (SSSR count). The van der Waals surface area contributed by atoms with E-state index in [4.69, 9.17) is 21.1 Å². The van der Waals surface area contributed by atoms with Crippen molar-refractivity contribution in [2.75, 3.05) is 27.8 Å². The van der Waals surface area contributed by atoms with Crippen LogP contribution in [0.15, 0.2) is 78.6 Å². The van der Waals surface area contributed by atoms with Gasteiger partial charge in [-0.25, -0.2) is 4.39 Å². The number of methoxy groups -OCH3 is 2. The van der Waals surface area contributed by atoms with E-state index in [9.17, 15) is 14.9 Å². The number of carbonyl (C=O) groups is 1. The van der Waals surface area contributed by atoms with Crippen molar-refractivity contribution in [2.24, 2.45) is 0 Å². The number of nitrogens with one attached hydrogen (secondary N) is 2. The molecule has 1 atom stereocenters. The Kier molecular flexibility index (Phi) is 11.4. The van der Waals surface area contributed by atoms with Gasteiger partial charge in [0.1, 0.15) is 17.3 Å². The number of hydrogen-bond donors (Lipinski definition) is 2. The number of rotatable bonds is 14. The van der Waals surface area contributed by atoms with Crippen LogP contribution < -0.4 is 20.1 Å². The predicted molar refractivity (Wildman–Crippen MR) is 212 cm³/mol. The topological polar surface area (TPSA) is 124 Å². The number of nitro benzene ring substituents is 1. The zero-order valence-corrected chi connectivity index (χ0v) is 31.9. The molecule has 1 aliphatic carbocycles. The van der Waals surface area contributed by atoms with E-state index in [1.807, 2.05) is 43.4 Å². The number of hydrogen-bond acceptors (Lipinski definition) is 8. The summed E-state index contributed by atoms with van der Waals surface area (Å²) in [4.78, 5) is 25.8. The van der Waals surface area contributed by atoms with Gasteiger partial charge in [0.05, 0.1) is 48.0 Å². The molecule has 5 aromatic rings. The lowest BCUT2D eigenvalue weighted by atomic mass is 9.96. The van der Waals surface area contributed by atoms with Gasteiger partial charge in [-0.15, -0.1) is 0 Å². The van der Waals surface area contributed by atoms with Crippen molar-refractivity contribution in [3.05, 3.63) is 116 Å². The van der Waals surface area contributed by atoms with Gasteiger partial charge in [0.15, 0.2) is 0 Å². The number of nitro groups is 1. The molecule has 1 saturated heterocycles. The molecular weight excluding hydrogens is 723 g/mol. The minimum atomic E-state index is -0.436.